The number of ether oxygens (including phenoxy) is 1. The summed E-state index contributed by atoms with van der Waals surface area (Å²) in [5.41, 5.74) is 1.01. The number of esters is 1. The zero-order chi connectivity index (χ0) is 16.2. The highest BCUT2D eigenvalue weighted by Gasteiger charge is 2.32. The Balaban J connectivity index is 1.67. The molecule has 1 atom stereocenters. The summed E-state index contributed by atoms with van der Waals surface area (Å²) in [6.07, 6.45) is 0.675. The first-order valence-corrected chi connectivity index (χ1v) is 7.24. The summed E-state index contributed by atoms with van der Waals surface area (Å²) < 4.78 is 4.57. The Kier molecular flexibility index (Phi) is 4.18. The molecule has 1 amide bonds. The maximum atomic E-state index is 12.5. The smallest absolute Gasteiger partial charge is 0.358 e. The van der Waals surface area contributed by atoms with E-state index in [9.17, 15) is 9.59 Å². The number of anilines is 2. The van der Waals surface area contributed by atoms with E-state index < -0.39 is 5.97 Å². The number of hydrogen-bond donors (Lipinski definition) is 1. The van der Waals surface area contributed by atoms with Crippen molar-refractivity contribution in [1.29, 1.82) is 0 Å². The van der Waals surface area contributed by atoms with Crippen molar-refractivity contribution in [1.82, 2.24) is 10.2 Å². The van der Waals surface area contributed by atoms with E-state index in [4.69, 9.17) is 0 Å². The number of amides is 1. The van der Waals surface area contributed by atoms with Crippen molar-refractivity contribution in [2.45, 2.75) is 12.5 Å². The molecular weight excluding hydrogens is 296 g/mol. The van der Waals surface area contributed by atoms with Crippen LogP contribution in [0.15, 0.2) is 42.5 Å². The Hall–Kier alpha value is -2.96. The predicted octanol–water partition coefficient (Wildman–Crippen LogP) is 1.48. The van der Waals surface area contributed by atoms with Gasteiger partial charge in [-0.05, 0) is 30.7 Å². The van der Waals surface area contributed by atoms with Crippen LogP contribution in [0.25, 0.3) is 0 Å². The molecule has 0 bridgehead atoms. The van der Waals surface area contributed by atoms with Gasteiger partial charge < -0.3 is 15.0 Å². The first-order chi connectivity index (χ1) is 11.2. The van der Waals surface area contributed by atoms with Crippen LogP contribution in [0.5, 0.6) is 0 Å². The first kappa shape index (κ1) is 15.0. The summed E-state index contributed by atoms with van der Waals surface area (Å²) >= 11 is 0. The molecule has 0 aliphatic carbocycles. The Bertz CT molecular complexity index is 703. The van der Waals surface area contributed by atoms with Gasteiger partial charge in [-0.15, -0.1) is 10.2 Å². The largest absolute Gasteiger partial charge is 0.464 e. The van der Waals surface area contributed by atoms with Gasteiger partial charge in [-0.2, -0.15) is 0 Å². The van der Waals surface area contributed by atoms with Crippen molar-refractivity contribution in [3.8, 4) is 0 Å². The number of hydrogen-bond acceptors (Lipinski definition) is 6. The lowest BCUT2D eigenvalue weighted by Gasteiger charge is -2.17. The van der Waals surface area contributed by atoms with Gasteiger partial charge in [0, 0.05) is 12.2 Å². The Labute approximate surface area is 133 Å². The van der Waals surface area contributed by atoms with Crippen molar-refractivity contribution < 1.29 is 14.3 Å². The molecule has 118 valence electrons. The second kappa shape index (κ2) is 6.43. The second-order valence-electron chi connectivity index (χ2n) is 5.11. The highest BCUT2D eigenvalue weighted by molar-refractivity contribution is 6.00. The molecular formula is C16H16N4O3. The van der Waals surface area contributed by atoms with E-state index in [1.54, 1.807) is 11.0 Å². The number of methoxy groups -OCH3 is 1. The number of carbonyl (C=O) groups is 2. The topological polar surface area (TPSA) is 84.4 Å². The molecule has 0 saturated carbocycles. The zero-order valence-electron chi connectivity index (χ0n) is 12.6. The van der Waals surface area contributed by atoms with E-state index in [0.29, 0.717) is 18.8 Å². The Morgan fingerprint density at radius 1 is 1.22 bits per heavy atom. The van der Waals surface area contributed by atoms with Crippen LogP contribution in [0, 0.1) is 0 Å². The maximum Gasteiger partial charge on any atom is 0.358 e. The summed E-state index contributed by atoms with van der Waals surface area (Å²) in [5, 5.41) is 10.8. The average Bonchev–Trinajstić information content (AvgIpc) is 2.96. The minimum Gasteiger partial charge on any atom is -0.464 e. The quantitative estimate of drug-likeness (QED) is 0.861. The molecule has 0 spiro atoms. The highest BCUT2D eigenvalue weighted by atomic mass is 16.5. The SMILES string of the molecule is COC(=O)c1ccc(NC2CCN(c3ccccc3)C2=O)nn1. The minimum absolute atomic E-state index is 0.00459. The molecule has 0 radical (unpaired) electrons. The lowest BCUT2D eigenvalue weighted by molar-refractivity contribution is -0.117. The van der Waals surface area contributed by atoms with E-state index in [1.165, 1.54) is 13.2 Å². The van der Waals surface area contributed by atoms with Gasteiger partial charge >= 0.3 is 5.97 Å². The summed E-state index contributed by atoms with van der Waals surface area (Å²) in [7, 11) is 1.28. The van der Waals surface area contributed by atoms with Crippen LogP contribution in [0.1, 0.15) is 16.9 Å². The summed E-state index contributed by atoms with van der Waals surface area (Å²) in [5.74, 6) is -0.0998. The van der Waals surface area contributed by atoms with Gasteiger partial charge in [-0.1, -0.05) is 18.2 Å². The lowest BCUT2D eigenvalue weighted by Crippen LogP contribution is -2.33. The third-order valence-electron chi connectivity index (χ3n) is 3.65. The molecule has 1 aromatic heterocycles. The summed E-state index contributed by atoms with van der Waals surface area (Å²) in [6.45, 7) is 0.647. The monoisotopic (exact) mass is 312 g/mol. The van der Waals surface area contributed by atoms with Gasteiger partial charge in [-0.25, -0.2) is 4.79 Å². The molecule has 3 rings (SSSR count). The van der Waals surface area contributed by atoms with Crippen molar-refractivity contribution in [3.05, 3.63) is 48.2 Å². The fraction of sp³-hybridized carbons (Fsp3) is 0.250. The summed E-state index contributed by atoms with van der Waals surface area (Å²) in [4.78, 5) is 25.5. The number of carbonyl (C=O) groups excluding carboxylic acids is 2. The number of benzene rings is 1. The Morgan fingerprint density at radius 2 is 2.00 bits per heavy atom. The molecule has 7 nitrogen and oxygen atoms in total. The number of aromatic nitrogens is 2. The van der Waals surface area contributed by atoms with Crippen molar-refractivity contribution in [2.24, 2.45) is 0 Å². The molecule has 1 aromatic carbocycles. The second-order valence-corrected chi connectivity index (χ2v) is 5.11. The van der Waals surface area contributed by atoms with Crippen molar-refractivity contribution in [3.63, 3.8) is 0 Å². The van der Waals surface area contributed by atoms with Crippen molar-refractivity contribution in [2.75, 3.05) is 23.9 Å². The van der Waals surface area contributed by atoms with Crippen LogP contribution in [0.4, 0.5) is 11.5 Å². The van der Waals surface area contributed by atoms with Gasteiger partial charge in [0.15, 0.2) is 5.69 Å². The molecule has 1 aliphatic heterocycles. The van der Waals surface area contributed by atoms with E-state index >= 15 is 0 Å². The average molecular weight is 312 g/mol. The molecule has 1 N–H and O–H groups in total. The van der Waals surface area contributed by atoms with Crippen LogP contribution in [0.3, 0.4) is 0 Å². The molecule has 2 heterocycles. The van der Waals surface area contributed by atoms with E-state index in [-0.39, 0.29) is 17.6 Å². The number of para-hydroxylation sites is 1. The van der Waals surface area contributed by atoms with E-state index in [1.807, 2.05) is 30.3 Å². The van der Waals surface area contributed by atoms with Gasteiger partial charge in [0.1, 0.15) is 11.9 Å². The van der Waals surface area contributed by atoms with Crippen LogP contribution < -0.4 is 10.2 Å². The standard InChI is InChI=1S/C16H16N4O3/c1-23-16(22)13-7-8-14(19-18-13)17-12-9-10-20(15(12)21)11-5-3-2-4-6-11/h2-8,12H,9-10H2,1H3,(H,17,19). The van der Waals surface area contributed by atoms with Crippen LogP contribution >= 0.6 is 0 Å². The van der Waals surface area contributed by atoms with E-state index in [2.05, 4.69) is 20.3 Å². The molecule has 2 aromatic rings. The molecule has 1 saturated heterocycles. The number of nitrogens with one attached hydrogen (secondary N) is 1. The molecule has 1 fully saturated rings. The normalized spacial score (nSPS) is 17.2. The van der Waals surface area contributed by atoms with Crippen LogP contribution in [-0.2, 0) is 9.53 Å². The maximum absolute atomic E-state index is 12.5. The van der Waals surface area contributed by atoms with E-state index in [0.717, 1.165) is 5.69 Å². The van der Waals surface area contributed by atoms with Crippen LogP contribution in [-0.4, -0.2) is 41.8 Å². The molecule has 1 aliphatic rings. The number of nitrogens with zero attached hydrogens (tertiary/aromatic N) is 3. The van der Waals surface area contributed by atoms with Gasteiger partial charge in [0.25, 0.3) is 0 Å². The highest BCUT2D eigenvalue weighted by Crippen LogP contribution is 2.22. The predicted molar refractivity (Wildman–Crippen MR) is 84.2 cm³/mol. The van der Waals surface area contributed by atoms with Gasteiger partial charge in [0.2, 0.25) is 5.91 Å². The van der Waals surface area contributed by atoms with Crippen LogP contribution in [0.2, 0.25) is 0 Å². The molecule has 7 heteroatoms. The zero-order valence-corrected chi connectivity index (χ0v) is 12.6. The Morgan fingerprint density at radius 3 is 2.65 bits per heavy atom. The fourth-order valence-corrected chi connectivity index (χ4v) is 2.48. The minimum atomic E-state index is -0.545. The van der Waals surface area contributed by atoms with Crippen molar-refractivity contribution >= 4 is 23.4 Å². The fourth-order valence-electron chi connectivity index (χ4n) is 2.48. The van der Waals surface area contributed by atoms with Gasteiger partial charge in [-0.3, -0.25) is 4.79 Å². The third-order valence-corrected chi connectivity index (χ3v) is 3.65. The number of rotatable bonds is 4. The molecule has 23 heavy (non-hydrogen) atoms. The summed E-state index contributed by atoms with van der Waals surface area (Å²) in [6, 6.07) is 12.3. The first-order valence-electron chi connectivity index (χ1n) is 7.24. The third kappa shape index (κ3) is 3.13. The van der Waals surface area contributed by atoms with Gasteiger partial charge in [0.05, 0.1) is 7.11 Å². The lowest BCUT2D eigenvalue weighted by atomic mass is 10.2. The molecule has 1 unspecified atom stereocenters.